The van der Waals surface area contributed by atoms with Gasteiger partial charge in [-0.3, -0.25) is 4.90 Å². The summed E-state index contributed by atoms with van der Waals surface area (Å²) in [5.74, 6) is 1.05. The lowest BCUT2D eigenvalue weighted by atomic mass is 9.79. The zero-order chi connectivity index (χ0) is 18.1. The minimum absolute atomic E-state index is 0.525. The maximum Gasteiger partial charge on any atom is 0.0802 e. The van der Waals surface area contributed by atoms with Crippen molar-refractivity contribution in [2.45, 2.75) is 31.6 Å². The first kappa shape index (κ1) is 17.5. The van der Waals surface area contributed by atoms with E-state index in [1.54, 1.807) is 0 Å². The largest absolute Gasteiger partial charge is 0.390 e. The topological polar surface area (TPSA) is 46.9 Å². The number of fused-ring (bicyclic) bond motifs is 1. The summed E-state index contributed by atoms with van der Waals surface area (Å²) >= 11 is 0. The van der Waals surface area contributed by atoms with Crippen LogP contribution in [0.2, 0.25) is 0 Å². The molecule has 2 aromatic rings. The van der Waals surface area contributed by atoms with Crippen molar-refractivity contribution in [2.75, 3.05) is 25.0 Å². The van der Waals surface area contributed by atoms with Crippen molar-refractivity contribution in [1.29, 1.82) is 0 Å². The number of nitrogens with zero attached hydrogens (tertiary/aromatic N) is 2. The number of aliphatic hydroxyl groups is 2. The van der Waals surface area contributed by atoms with Gasteiger partial charge in [-0.1, -0.05) is 30.3 Å². The Hall–Kier alpha value is -1.88. The van der Waals surface area contributed by atoms with Crippen LogP contribution in [0.1, 0.15) is 18.4 Å². The summed E-state index contributed by atoms with van der Waals surface area (Å²) in [6.07, 6.45) is 0.403. The minimum atomic E-state index is -0.538. The van der Waals surface area contributed by atoms with Crippen molar-refractivity contribution < 1.29 is 10.2 Å². The van der Waals surface area contributed by atoms with E-state index < -0.39 is 12.2 Å². The third kappa shape index (κ3) is 3.63. The average Bonchev–Trinajstić information content (AvgIpc) is 3.04. The van der Waals surface area contributed by atoms with Crippen molar-refractivity contribution >= 4 is 11.4 Å². The van der Waals surface area contributed by atoms with Gasteiger partial charge in [0.05, 0.1) is 12.2 Å². The summed E-state index contributed by atoms with van der Waals surface area (Å²) in [5, 5.41) is 19.8. The molecular weight excluding hydrogens is 324 g/mol. The molecular formula is C22H28N2O2. The summed E-state index contributed by atoms with van der Waals surface area (Å²) in [5.41, 5.74) is 3.68. The molecule has 2 aromatic carbocycles. The summed E-state index contributed by atoms with van der Waals surface area (Å²) in [4.78, 5) is 4.66. The van der Waals surface area contributed by atoms with Gasteiger partial charge in [-0.15, -0.1) is 0 Å². The van der Waals surface area contributed by atoms with Gasteiger partial charge in [0.25, 0.3) is 0 Å². The predicted octanol–water partition coefficient (Wildman–Crippen LogP) is 3.02. The summed E-state index contributed by atoms with van der Waals surface area (Å²) in [6.45, 7) is 2.99. The summed E-state index contributed by atoms with van der Waals surface area (Å²) < 4.78 is 0. The van der Waals surface area contributed by atoms with E-state index in [0.717, 1.165) is 32.5 Å². The maximum atomic E-state index is 9.90. The first-order valence-electron chi connectivity index (χ1n) is 9.56. The lowest BCUT2D eigenvalue weighted by Gasteiger charge is -2.32. The van der Waals surface area contributed by atoms with Gasteiger partial charge in [0.15, 0.2) is 0 Å². The highest BCUT2D eigenvalue weighted by Crippen LogP contribution is 2.37. The Morgan fingerprint density at radius 2 is 1.38 bits per heavy atom. The van der Waals surface area contributed by atoms with Gasteiger partial charge in [0.1, 0.15) is 0 Å². The number of rotatable bonds is 4. The van der Waals surface area contributed by atoms with Crippen molar-refractivity contribution in [1.82, 2.24) is 4.90 Å². The fourth-order valence-electron chi connectivity index (χ4n) is 4.52. The predicted molar refractivity (Wildman–Crippen MR) is 104 cm³/mol. The summed E-state index contributed by atoms with van der Waals surface area (Å²) in [6, 6.07) is 19.2. The van der Waals surface area contributed by atoms with Gasteiger partial charge in [0.2, 0.25) is 0 Å². The van der Waals surface area contributed by atoms with E-state index in [9.17, 15) is 10.2 Å². The molecule has 0 unspecified atom stereocenters. The summed E-state index contributed by atoms with van der Waals surface area (Å²) in [7, 11) is 2.09. The second-order valence-corrected chi connectivity index (χ2v) is 7.88. The highest BCUT2D eigenvalue weighted by atomic mass is 16.3. The van der Waals surface area contributed by atoms with Crippen molar-refractivity contribution in [3.63, 3.8) is 0 Å². The lowest BCUT2D eigenvalue weighted by molar-refractivity contribution is -0.0372. The molecule has 2 fully saturated rings. The highest BCUT2D eigenvalue weighted by Gasteiger charge is 2.40. The minimum Gasteiger partial charge on any atom is -0.390 e. The zero-order valence-electron chi connectivity index (χ0n) is 15.3. The van der Waals surface area contributed by atoms with Crippen LogP contribution in [0.4, 0.5) is 11.4 Å². The van der Waals surface area contributed by atoms with E-state index in [1.807, 2.05) is 6.07 Å². The molecule has 4 nitrogen and oxygen atoms in total. The Morgan fingerprint density at radius 1 is 0.846 bits per heavy atom. The van der Waals surface area contributed by atoms with Gasteiger partial charge in [0, 0.05) is 38.1 Å². The van der Waals surface area contributed by atoms with E-state index in [0.29, 0.717) is 11.8 Å². The van der Waals surface area contributed by atoms with Crippen molar-refractivity contribution in [2.24, 2.45) is 11.8 Å². The number of hydrogen-bond donors (Lipinski definition) is 2. The van der Waals surface area contributed by atoms with E-state index in [4.69, 9.17) is 0 Å². The molecule has 1 saturated carbocycles. The number of benzene rings is 2. The lowest BCUT2D eigenvalue weighted by Crippen LogP contribution is -2.38. The van der Waals surface area contributed by atoms with E-state index >= 15 is 0 Å². The maximum absolute atomic E-state index is 9.90. The van der Waals surface area contributed by atoms with Gasteiger partial charge < -0.3 is 15.1 Å². The molecule has 4 rings (SSSR count). The fourth-order valence-corrected chi connectivity index (χ4v) is 4.52. The van der Waals surface area contributed by atoms with Crippen LogP contribution in [0.3, 0.4) is 0 Å². The standard InChI is InChI=1S/C22H28N2O2/c1-23(19-5-3-2-4-6-19)20-9-7-16(8-10-20)13-24-14-17-11-21(25)22(26)12-18(17)15-24/h2-10,17-18,21-22,25-26H,11-15H2,1H3/t17-,18+,21-,22-/m0/s1. The molecule has 1 heterocycles. The second-order valence-electron chi connectivity index (χ2n) is 7.88. The number of anilines is 2. The van der Waals surface area contributed by atoms with Gasteiger partial charge in [-0.05, 0) is 54.5 Å². The number of aliphatic hydroxyl groups excluding tert-OH is 2. The molecule has 1 aliphatic carbocycles. The van der Waals surface area contributed by atoms with E-state index in [1.165, 1.54) is 16.9 Å². The van der Waals surface area contributed by atoms with Gasteiger partial charge >= 0.3 is 0 Å². The van der Waals surface area contributed by atoms with Crippen LogP contribution < -0.4 is 4.90 Å². The number of likely N-dealkylation sites (tertiary alicyclic amines) is 1. The quantitative estimate of drug-likeness (QED) is 0.888. The normalized spacial score (nSPS) is 28.7. The van der Waals surface area contributed by atoms with Crippen LogP contribution in [0.5, 0.6) is 0 Å². The molecule has 1 aliphatic heterocycles. The Kier molecular flexibility index (Phi) is 4.98. The van der Waals surface area contributed by atoms with Crippen LogP contribution in [0.25, 0.3) is 0 Å². The third-order valence-corrected chi connectivity index (χ3v) is 6.06. The first-order valence-corrected chi connectivity index (χ1v) is 9.56. The Labute approximate surface area is 155 Å². The Morgan fingerprint density at radius 3 is 1.96 bits per heavy atom. The van der Waals surface area contributed by atoms with Crippen LogP contribution in [0, 0.1) is 11.8 Å². The smallest absolute Gasteiger partial charge is 0.0802 e. The number of hydrogen-bond acceptors (Lipinski definition) is 4. The van der Waals surface area contributed by atoms with Gasteiger partial charge in [-0.2, -0.15) is 0 Å². The SMILES string of the molecule is CN(c1ccccc1)c1ccc(CN2C[C@H]3C[C@H](O)[C@@H](O)C[C@H]3C2)cc1. The molecule has 2 aliphatic rings. The monoisotopic (exact) mass is 352 g/mol. The zero-order valence-corrected chi connectivity index (χ0v) is 15.3. The molecule has 0 aromatic heterocycles. The van der Waals surface area contributed by atoms with Crippen LogP contribution in [-0.4, -0.2) is 47.5 Å². The molecule has 138 valence electrons. The molecule has 26 heavy (non-hydrogen) atoms. The molecule has 0 spiro atoms. The highest BCUT2D eigenvalue weighted by molar-refractivity contribution is 5.62. The fraction of sp³-hybridized carbons (Fsp3) is 0.455. The van der Waals surface area contributed by atoms with Crippen LogP contribution >= 0.6 is 0 Å². The molecule has 4 heteroatoms. The Bertz CT molecular complexity index is 701. The van der Waals surface area contributed by atoms with Crippen molar-refractivity contribution in [3.8, 4) is 0 Å². The average molecular weight is 352 g/mol. The van der Waals surface area contributed by atoms with Crippen molar-refractivity contribution in [3.05, 3.63) is 60.2 Å². The van der Waals surface area contributed by atoms with E-state index in [2.05, 4.69) is 65.4 Å². The van der Waals surface area contributed by atoms with E-state index in [-0.39, 0.29) is 0 Å². The molecule has 0 amide bonds. The van der Waals surface area contributed by atoms with Gasteiger partial charge in [-0.25, -0.2) is 0 Å². The molecule has 2 N–H and O–H groups in total. The molecule has 1 saturated heterocycles. The molecule has 0 radical (unpaired) electrons. The van der Waals surface area contributed by atoms with Crippen LogP contribution in [-0.2, 0) is 6.54 Å². The molecule has 0 bridgehead atoms. The number of para-hydroxylation sites is 1. The molecule has 4 atom stereocenters. The third-order valence-electron chi connectivity index (χ3n) is 6.06. The first-order chi connectivity index (χ1) is 12.6. The Balaban J connectivity index is 1.38. The second kappa shape index (κ2) is 7.39. The van der Waals surface area contributed by atoms with Crippen LogP contribution in [0.15, 0.2) is 54.6 Å².